The Hall–Kier alpha value is -1.03. The fraction of sp³-hybridized carbons (Fsp3) is 0.364. The number of nitrogen functional groups attached to an aromatic ring is 1. The minimum absolute atomic E-state index is 0.353. The Morgan fingerprint density at radius 1 is 1.53 bits per heavy atom. The van der Waals surface area contributed by atoms with Crippen LogP contribution in [0, 0.1) is 0 Å². The topological polar surface area (TPSA) is 52.3 Å². The third-order valence-corrected chi connectivity index (χ3v) is 2.46. The molecule has 0 aromatic heterocycles. The molecule has 0 fully saturated rings. The van der Waals surface area contributed by atoms with Gasteiger partial charge in [-0.3, -0.25) is 0 Å². The maximum Gasteiger partial charge on any atom is 0.340 e. The third-order valence-electron chi connectivity index (χ3n) is 1.96. The molecule has 1 rings (SSSR count). The minimum atomic E-state index is -0.353. The summed E-state index contributed by atoms with van der Waals surface area (Å²) in [6.45, 7) is 2.49. The summed E-state index contributed by atoms with van der Waals surface area (Å²) in [4.78, 5) is 11.5. The number of unbranched alkanes of at least 4 members (excludes halogenated alkanes) is 1. The lowest BCUT2D eigenvalue weighted by Crippen LogP contribution is -2.09. The maximum atomic E-state index is 11.5. The molecule has 1 aromatic carbocycles. The first-order valence-corrected chi connectivity index (χ1v) is 5.66. The van der Waals surface area contributed by atoms with Crippen molar-refractivity contribution in [2.45, 2.75) is 19.8 Å². The number of hydrogen-bond acceptors (Lipinski definition) is 3. The standard InChI is InChI=1S/C11H14BrNO2/c1-2-3-6-15-11(14)9-5-4-8(12)7-10(9)13/h4-5,7H,2-3,6,13H2,1H3. The molecule has 2 N–H and O–H groups in total. The monoisotopic (exact) mass is 271 g/mol. The van der Waals surface area contributed by atoms with Gasteiger partial charge >= 0.3 is 5.97 Å². The van der Waals surface area contributed by atoms with E-state index >= 15 is 0 Å². The highest BCUT2D eigenvalue weighted by Gasteiger charge is 2.10. The van der Waals surface area contributed by atoms with Crippen LogP contribution in [0.4, 0.5) is 5.69 Å². The van der Waals surface area contributed by atoms with Gasteiger partial charge in [0.2, 0.25) is 0 Å². The molecular formula is C11H14BrNO2. The van der Waals surface area contributed by atoms with Crippen molar-refractivity contribution in [3.8, 4) is 0 Å². The molecule has 0 bridgehead atoms. The fourth-order valence-corrected chi connectivity index (χ4v) is 1.49. The normalized spacial score (nSPS) is 10.0. The number of nitrogens with two attached hydrogens (primary N) is 1. The zero-order chi connectivity index (χ0) is 11.3. The molecule has 15 heavy (non-hydrogen) atoms. The highest BCUT2D eigenvalue weighted by atomic mass is 79.9. The quantitative estimate of drug-likeness (QED) is 0.520. The van der Waals surface area contributed by atoms with Crippen LogP contribution in [-0.2, 0) is 4.74 Å². The first-order chi connectivity index (χ1) is 7.15. The van der Waals surface area contributed by atoms with E-state index in [4.69, 9.17) is 10.5 Å². The molecule has 4 heteroatoms. The molecule has 1 aromatic rings. The van der Waals surface area contributed by atoms with Gasteiger partial charge < -0.3 is 10.5 Å². The van der Waals surface area contributed by atoms with Crippen molar-refractivity contribution in [2.24, 2.45) is 0 Å². The van der Waals surface area contributed by atoms with Gasteiger partial charge in [-0.05, 0) is 24.6 Å². The molecular weight excluding hydrogens is 258 g/mol. The summed E-state index contributed by atoms with van der Waals surface area (Å²) < 4.78 is 5.91. The fourth-order valence-electron chi connectivity index (χ4n) is 1.11. The highest BCUT2D eigenvalue weighted by Crippen LogP contribution is 2.19. The smallest absolute Gasteiger partial charge is 0.340 e. The van der Waals surface area contributed by atoms with Crippen LogP contribution in [0.2, 0.25) is 0 Å². The van der Waals surface area contributed by atoms with Gasteiger partial charge in [0.25, 0.3) is 0 Å². The molecule has 0 saturated carbocycles. The molecule has 82 valence electrons. The van der Waals surface area contributed by atoms with E-state index < -0.39 is 0 Å². The Bertz CT molecular complexity index is 352. The number of rotatable bonds is 4. The van der Waals surface area contributed by atoms with Crippen LogP contribution in [0.5, 0.6) is 0 Å². The van der Waals surface area contributed by atoms with Crippen molar-refractivity contribution in [3.63, 3.8) is 0 Å². The van der Waals surface area contributed by atoms with Gasteiger partial charge in [-0.25, -0.2) is 4.79 Å². The first kappa shape index (κ1) is 12.0. The second-order valence-electron chi connectivity index (χ2n) is 3.22. The summed E-state index contributed by atoms with van der Waals surface area (Å²) in [5, 5.41) is 0. The number of halogens is 1. The third kappa shape index (κ3) is 3.55. The van der Waals surface area contributed by atoms with Gasteiger partial charge in [0.15, 0.2) is 0 Å². The first-order valence-electron chi connectivity index (χ1n) is 4.87. The summed E-state index contributed by atoms with van der Waals surface area (Å²) in [7, 11) is 0. The van der Waals surface area contributed by atoms with E-state index in [0.29, 0.717) is 17.9 Å². The van der Waals surface area contributed by atoms with E-state index in [1.165, 1.54) is 0 Å². The average Bonchev–Trinajstić information content (AvgIpc) is 2.17. The van der Waals surface area contributed by atoms with Crippen LogP contribution in [0.15, 0.2) is 22.7 Å². The van der Waals surface area contributed by atoms with Gasteiger partial charge in [-0.15, -0.1) is 0 Å². The van der Waals surface area contributed by atoms with E-state index in [-0.39, 0.29) is 5.97 Å². The number of esters is 1. The van der Waals surface area contributed by atoms with E-state index in [1.54, 1.807) is 18.2 Å². The van der Waals surface area contributed by atoms with Crippen molar-refractivity contribution in [1.82, 2.24) is 0 Å². The lowest BCUT2D eigenvalue weighted by molar-refractivity contribution is 0.0501. The Morgan fingerprint density at radius 2 is 2.27 bits per heavy atom. The predicted octanol–water partition coefficient (Wildman–Crippen LogP) is 2.99. The molecule has 0 aliphatic heterocycles. The molecule has 0 amide bonds. The van der Waals surface area contributed by atoms with Crippen molar-refractivity contribution >= 4 is 27.6 Å². The lowest BCUT2D eigenvalue weighted by Gasteiger charge is -2.06. The van der Waals surface area contributed by atoms with E-state index in [2.05, 4.69) is 15.9 Å². The number of carbonyl (C=O) groups is 1. The number of hydrogen-bond donors (Lipinski definition) is 1. The minimum Gasteiger partial charge on any atom is -0.462 e. The zero-order valence-corrected chi connectivity index (χ0v) is 10.2. The number of anilines is 1. The Kier molecular flexibility index (Phi) is 4.62. The van der Waals surface area contributed by atoms with Crippen LogP contribution >= 0.6 is 15.9 Å². The Morgan fingerprint density at radius 3 is 2.87 bits per heavy atom. The average molecular weight is 272 g/mol. The second kappa shape index (κ2) is 5.75. The van der Waals surface area contributed by atoms with Gasteiger partial charge in [-0.2, -0.15) is 0 Å². The van der Waals surface area contributed by atoms with Gasteiger partial charge in [0.05, 0.1) is 12.2 Å². The van der Waals surface area contributed by atoms with Crippen LogP contribution in [0.1, 0.15) is 30.1 Å². The number of benzene rings is 1. The lowest BCUT2D eigenvalue weighted by atomic mass is 10.2. The van der Waals surface area contributed by atoms with E-state index in [0.717, 1.165) is 17.3 Å². The van der Waals surface area contributed by atoms with Crippen LogP contribution in [-0.4, -0.2) is 12.6 Å². The summed E-state index contributed by atoms with van der Waals surface area (Å²) in [6.07, 6.45) is 1.88. The van der Waals surface area contributed by atoms with Crippen LogP contribution in [0.3, 0.4) is 0 Å². The largest absolute Gasteiger partial charge is 0.462 e. The van der Waals surface area contributed by atoms with Gasteiger partial charge in [0.1, 0.15) is 0 Å². The van der Waals surface area contributed by atoms with Crippen molar-refractivity contribution in [2.75, 3.05) is 12.3 Å². The molecule has 0 radical (unpaired) electrons. The molecule has 0 aliphatic carbocycles. The van der Waals surface area contributed by atoms with Crippen molar-refractivity contribution in [3.05, 3.63) is 28.2 Å². The molecule has 3 nitrogen and oxygen atoms in total. The molecule has 0 heterocycles. The van der Waals surface area contributed by atoms with E-state index in [9.17, 15) is 4.79 Å². The summed E-state index contributed by atoms with van der Waals surface area (Å²) in [5.41, 5.74) is 6.56. The maximum absolute atomic E-state index is 11.5. The highest BCUT2D eigenvalue weighted by molar-refractivity contribution is 9.10. The Labute approximate surface area is 97.7 Å². The van der Waals surface area contributed by atoms with Gasteiger partial charge in [-0.1, -0.05) is 29.3 Å². The van der Waals surface area contributed by atoms with Crippen molar-refractivity contribution in [1.29, 1.82) is 0 Å². The molecule has 0 spiro atoms. The van der Waals surface area contributed by atoms with Crippen molar-refractivity contribution < 1.29 is 9.53 Å². The molecule has 0 unspecified atom stereocenters. The molecule has 0 aliphatic rings. The SMILES string of the molecule is CCCCOC(=O)c1ccc(Br)cc1N. The summed E-state index contributed by atoms with van der Waals surface area (Å²) in [6, 6.07) is 5.12. The summed E-state index contributed by atoms with van der Waals surface area (Å²) in [5.74, 6) is -0.353. The van der Waals surface area contributed by atoms with Crippen LogP contribution in [0.25, 0.3) is 0 Å². The second-order valence-corrected chi connectivity index (χ2v) is 4.14. The number of ether oxygens (including phenoxy) is 1. The van der Waals surface area contributed by atoms with Crippen LogP contribution < -0.4 is 5.73 Å². The molecule has 0 saturated heterocycles. The Balaban J connectivity index is 2.65. The molecule has 0 atom stereocenters. The summed E-state index contributed by atoms with van der Waals surface area (Å²) >= 11 is 3.28. The van der Waals surface area contributed by atoms with Gasteiger partial charge in [0, 0.05) is 10.2 Å². The zero-order valence-electron chi connectivity index (χ0n) is 8.63. The van der Waals surface area contributed by atoms with E-state index in [1.807, 2.05) is 6.92 Å². The predicted molar refractivity (Wildman–Crippen MR) is 63.7 cm³/mol. The number of carbonyl (C=O) groups excluding carboxylic acids is 1.